The number of rotatable bonds is 9. The van der Waals surface area contributed by atoms with Crippen LogP contribution in [0.4, 0.5) is 0 Å². The van der Waals surface area contributed by atoms with Gasteiger partial charge in [-0.1, -0.05) is 17.7 Å². The molecule has 0 radical (unpaired) electrons. The van der Waals surface area contributed by atoms with Gasteiger partial charge in [-0.2, -0.15) is 16.5 Å². The SMILES string of the molecule is CSCC[C@@H](NS(=O)(=O)c1ccc(Cl)cc1)C(=O)N[C@H](C)c1ccc2c(c1)OCO2. The number of ether oxygens (including phenoxy) is 2. The Morgan fingerprint density at radius 1 is 1.17 bits per heavy atom. The van der Waals surface area contributed by atoms with Crippen LogP contribution < -0.4 is 19.5 Å². The Morgan fingerprint density at radius 2 is 1.87 bits per heavy atom. The molecule has 0 bridgehead atoms. The lowest BCUT2D eigenvalue weighted by atomic mass is 10.1. The summed E-state index contributed by atoms with van der Waals surface area (Å²) >= 11 is 7.38. The zero-order valence-electron chi connectivity index (χ0n) is 16.6. The Labute approximate surface area is 185 Å². The van der Waals surface area contributed by atoms with E-state index in [9.17, 15) is 13.2 Å². The Kier molecular flexibility index (Phi) is 7.51. The van der Waals surface area contributed by atoms with E-state index in [0.29, 0.717) is 28.7 Å². The van der Waals surface area contributed by atoms with Crippen molar-refractivity contribution in [2.75, 3.05) is 18.8 Å². The van der Waals surface area contributed by atoms with E-state index >= 15 is 0 Å². The lowest BCUT2D eigenvalue weighted by Gasteiger charge is -2.21. The van der Waals surface area contributed by atoms with Gasteiger partial charge in [-0.15, -0.1) is 0 Å². The summed E-state index contributed by atoms with van der Waals surface area (Å²) in [6, 6.07) is 9.99. The van der Waals surface area contributed by atoms with Crippen molar-refractivity contribution < 1.29 is 22.7 Å². The molecule has 0 spiro atoms. The van der Waals surface area contributed by atoms with Crippen molar-refractivity contribution in [2.45, 2.75) is 30.3 Å². The molecule has 1 heterocycles. The van der Waals surface area contributed by atoms with Crippen LogP contribution >= 0.6 is 23.4 Å². The Bertz CT molecular complexity index is 999. The average Bonchev–Trinajstić information content (AvgIpc) is 3.19. The smallest absolute Gasteiger partial charge is 0.241 e. The first kappa shape index (κ1) is 22.7. The minimum atomic E-state index is -3.88. The molecule has 0 aliphatic carbocycles. The van der Waals surface area contributed by atoms with Crippen LogP contribution in [0.1, 0.15) is 24.9 Å². The number of fused-ring (bicyclic) bond motifs is 1. The van der Waals surface area contributed by atoms with Crippen LogP contribution in [0.5, 0.6) is 11.5 Å². The number of carbonyl (C=O) groups is 1. The standard InChI is InChI=1S/C20H23ClN2O5S2/c1-13(14-3-8-18-19(11-14)28-12-27-18)22-20(24)17(9-10-29-2)23-30(25,26)16-6-4-15(21)5-7-16/h3-8,11,13,17,23H,9-10,12H2,1-2H3,(H,22,24)/t13-,17-/m1/s1. The van der Waals surface area contributed by atoms with Crippen molar-refractivity contribution in [1.82, 2.24) is 10.0 Å². The van der Waals surface area contributed by atoms with Crippen LogP contribution in [0.25, 0.3) is 0 Å². The number of sulfonamides is 1. The second kappa shape index (κ2) is 9.91. The second-order valence-electron chi connectivity index (χ2n) is 6.75. The molecule has 0 saturated heterocycles. The molecular weight excluding hydrogens is 448 g/mol. The van der Waals surface area contributed by atoms with Gasteiger partial charge in [-0.25, -0.2) is 8.42 Å². The quantitative estimate of drug-likeness (QED) is 0.583. The van der Waals surface area contributed by atoms with E-state index in [-0.39, 0.29) is 17.7 Å². The summed E-state index contributed by atoms with van der Waals surface area (Å²) in [4.78, 5) is 13.0. The fraction of sp³-hybridized carbons (Fsp3) is 0.350. The molecule has 1 aliphatic rings. The number of amides is 1. The van der Waals surface area contributed by atoms with E-state index in [2.05, 4.69) is 10.0 Å². The molecule has 2 atom stereocenters. The monoisotopic (exact) mass is 470 g/mol. The van der Waals surface area contributed by atoms with Crippen molar-refractivity contribution in [3.8, 4) is 11.5 Å². The average molecular weight is 471 g/mol. The Hall–Kier alpha value is -1.94. The van der Waals surface area contributed by atoms with Gasteiger partial charge in [0.2, 0.25) is 22.7 Å². The summed E-state index contributed by atoms with van der Waals surface area (Å²) in [6.07, 6.45) is 2.26. The third kappa shape index (κ3) is 5.60. The second-order valence-corrected chi connectivity index (χ2v) is 9.89. The van der Waals surface area contributed by atoms with Crippen molar-refractivity contribution in [3.05, 3.63) is 53.1 Å². The number of halogens is 1. The highest BCUT2D eigenvalue weighted by atomic mass is 35.5. The number of hydrogen-bond donors (Lipinski definition) is 2. The first-order chi connectivity index (χ1) is 14.3. The van der Waals surface area contributed by atoms with Crippen LogP contribution in [-0.2, 0) is 14.8 Å². The zero-order chi connectivity index (χ0) is 21.7. The predicted molar refractivity (Wildman–Crippen MR) is 118 cm³/mol. The van der Waals surface area contributed by atoms with Crippen LogP contribution in [0.15, 0.2) is 47.4 Å². The van der Waals surface area contributed by atoms with Crippen molar-refractivity contribution in [1.29, 1.82) is 0 Å². The van der Waals surface area contributed by atoms with Crippen LogP contribution in [0, 0.1) is 0 Å². The molecular formula is C20H23ClN2O5S2. The molecule has 2 N–H and O–H groups in total. The fourth-order valence-corrected chi connectivity index (χ4v) is 4.76. The number of nitrogens with one attached hydrogen (secondary N) is 2. The minimum absolute atomic E-state index is 0.0534. The molecule has 30 heavy (non-hydrogen) atoms. The van der Waals surface area contributed by atoms with Gasteiger partial charge in [0.25, 0.3) is 0 Å². The van der Waals surface area contributed by atoms with E-state index in [0.717, 1.165) is 5.56 Å². The molecule has 0 aromatic heterocycles. The van der Waals surface area contributed by atoms with Crippen molar-refractivity contribution in [2.24, 2.45) is 0 Å². The summed E-state index contributed by atoms with van der Waals surface area (Å²) < 4.78 is 38.7. The molecule has 0 saturated carbocycles. The largest absolute Gasteiger partial charge is 0.454 e. The highest BCUT2D eigenvalue weighted by Gasteiger charge is 2.27. The molecule has 2 aromatic carbocycles. The molecule has 1 aliphatic heterocycles. The number of benzene rings is 2. The van der Waals surface area contributed by atoms with Gasteiger partial charge in [-0.05, 0) is 67.3 Å². The molecule has 1 amide bonds. The molecule has 10 heteroatoms. The molecule has 2 aromatic rings. The topological polar surface area (TPSA) is 93.7 Å². The number of thioether (sulfide) groups is 1. The molecule has 0 unspecified atom stereocenters. The van der Waals surface area contributed by atoms with E-state index in [4.69, 9.17) is 21.1 Å². The maximum Gasteiger partial charge on any atom is 0.241 e. The molecule has 162 valence electrons. The third-order valence-corrected chi connectivity index (χ3v) is 6.99. The third-order valence-electron chi connectivity index (χ3n) is 4.60. The predicted octanol–water partition coefficient (Wildman–Crippen LogP) is 3.35. The van der Waals surface area contributed by atoms with Gasteiger partial charge in [-0.3, -0.25) is 4.79 Å². The van der Waals surface area contributed by atoms with Crippen LogP contribution in [0.2, 0.25) is 5.02 Å². The maximum absolute atomic E-state index is 12.9. The van der Waals surface area contributed by atoms with Gasteiger partial charge < -0.3 is 14.8 Å². The highest BCUT2D eigenvalue weighted by Crippen LogP contribution is 2.34. The summed E-state index contributed by atoms with van der Waals surface area (Å²) in [5, 5.41) is 3.32. The van der Waals surface area contributed by atoms with Crippen LogP contribution in [-0.4, -0.2) is 39.2 Å². The fourth-order valence-electron chi connectivity index (χ4n) is 2.93. The minimum Gasteiger partial charge on any atom is -0.454 e. The Balaban J connectivity index is 1.72. The maximum atomic E-state index is 12.9. The van der Waals surface area contributed by atoms with E-state index in [1.807, 2.05) is 25.3 Å². The molecule has 7 nitrogen and oxygen atoms in total. The van der Waals surface area contributed by atoms with E-state index < -0.39 is 22.0 Å². The number of hydrogen-bond acceptors (Lipinski definition) is 6. The number of carbonyl (C=O) groups excluding carboxylic acids is 1. The zero-order valence-corrected chi connectivity index (χ0v) is 18.9. The van der Waals surface area contributed by atoms with Gasteiger partial charge in [0, 0.05) is 5.02 Å². The lowest BCUT2D eigenvalue weighted by molar-refractivity contribution is -0.123. The normalized spacial score (nSPS) is 14.9. The molecule has 3 rings (SSSR count). The first-order valence-electron chi connectivity index (χ1n) is 9.27. The van der Waals surface area contributed by atoms with Gasteiger partial charge in [0.05, 0.1) is 10.9 Å². The van der Waals surface area contributed by atoms with E-state index in [1.165, 1.54) is 36.0 Å². The van der Waals surface area contributed by atoms with Gasteiger partial charge in [0.15, 0.2) is 11.5 Å². The summed E-state index contributed by atoms with van der Waals surface area (Å²) in [5.41, 5.74) is 0.830. The first-order valence-corrected chi connectivity index (χ1v) is 12.5. The summed E-state index contributed by atoms with van der Waals surface area (Å²) in [5.74, 6) is 1.51. The summed E-state index contributed by atoms with van der Waals surface area (Å²) in [6.45, 7) is 2.00. The highest BCUT2D eigenvalue weighted by molar-refractivity contribution is 7.98. The van der Waals surface area contributed by atoms with Crippen LogP contribution in [0.3, 0.4) is 0 Å². The van der Waals surface area contributed by atoms with Crippen molar-refractivity contribution >= 4 is 39.3 Å². The van der Waals surface area contributed by atoms with Gasteiger partial charge in [0.1, 0.15) is 6.04 Å². The van der Waals surface area contributed by atoms with Crippen molar-refractivity contribution in [3.63, 3.8) is 0 Å². The Morgan fingerprint density at radius 3 is 2.57 bits per heavy atom. The van der Waals surface area contributed by atoms with E-state index in [1.54, 1.807) is 6.07 Å². The summed E-state index contributed by atoms with van der Waals surface area (Å²) in [7, 11) is -3.88. The lowest BCUT2D eigenvalue weighted by Crippen LogP contribution is -2.47. The van der Waals surface area contributed by atoms with Gasteiger partial charge >= 0.3 is 0 Å². The molecule has 0 fully saturated rings.